The highest BCUT2D eigenvalue weighted by atomic mass is 32.2. The minimum atomic E-state index is -3.33. The number of aromatic nitrogens is 1. The molecule has 3 heterocycles. The Morgan fingerprint density at radius 1 is 1.14 bits per heavy atom. The van der Waals surface area contributed by atoms with Crippen LogP contribution >= 0.6 is 11.3 Å². The molecule has 5 rings (SSSR count). The van der Waals surface area contributed by atoms with Crippen LogP contribution in [0.1, 0.15) is 42.5 Å². The summed E-state index contributed by atoms with van der Waals surface area (Å²) in [5, 5.41) is 10.4. The Morgan fingerprint density at radius 2 is 1.92 bits per heavy atom. The van der Waals surface area contributed by atoms with Crippen molar-refractivity contribution in [2.24, 2.45) is 5.16 Å². The zero-order valence-corrected chi connectivity index (χ0v) is 21.5. The Balaban J connectivity index is 1.27. The molecule has 2 saturated heterocycles. The summed E-state index contributed by atoms with van der Waals surface area (Å²) in [6, 6.07) is 6.21. The van der Waals surface area contributed by atoms with Crippen LogP contribution in [0.5, 0.6) is 0 Å². The van der Waals surface area contributed by atoms with E-state index in [1.807, 2.05) is 0 Å². The smallest absolute Gasteiger partial charge is 0.280 e. The summed E-state index contributed by atoms with van der Waals surface area (Å²) in [5.74, 6) is -0.494. The summed E-state index contributed by atoms with van der Waals surface area (Å²) in [4.78, 5) is 24.2. The monoisotopic (exact) mass is 534 g/mol. The van der Waals surface area contributed by atoms with E-state index in [4.69, 9.17) is 14.3 Å². The predicted molar refractivity (Wildman–Crippen MR) is 135 cm³/mol. The molecule has 0 spiro atoms. The van der Waals surface area contributed by atoms with Crippen molar-refractivity contribution in [2.45, 2.75) is 61.1 Å². The Labute approximate surface area is 214 Å². The fraction of sp³-hybridized carbons (Fsp3) is 0.542. The van der Waals surface area contributed by atoms with Crippen LogP contribution in [0.4, 0.5) is 5.13 Å². The van der Waals surface area contributed by atoms with E-state index in [1.54, 1.807) is 18.3 Å². The predicted octanol–water partition coefficient (Wildman–Crippen LogP) is 2.50. The van der Waals surface area contributed by atoms with Crippen molar-refractivity contribution in [3.8, 4) is 0 Å². The average Bonchev–Trinajstić information content (AvgIpc) is 3.47. The molecule has 1 atom stereocenters. The van der Waals surface area contributed by atoms with E-state index in [2.05, 4.69) is 20.8 Å². The van der Waals surface area contributed by atoms with Gasteiger partial charge in [0.15, 0.2) is 26.8 Å². The van der Waals surface area contributed by atoms with E-state index in [-0.39, 0.29) is 28.1 Å². The van der Waals surface area contributed by atoms with Gasteiger partial charge in [-0.15, -0.1) is 0 Å². The molecule has 1 aromatic heterocycles. The van der Waals surface area contributed by atoms with Gasteiger partial charge in [0.1, 0.15) is 0 Å². The van der Waals surface area contributed by atoms with Gasteiger partial charge in [-0.3, -0.25) is 10.1 Å². The van der Waals surface area contributed by atoms with E-state index in [1.165, 1.54) is 23.5 Å². The van der Waals surface area contributed by atoms with Gasteiger partial charge in [0.05, 0.1) is 40.9 Å². The minimum absolute atomic E-state index is 0.0416. The maximum absolute atomic E-state index is 13.2. The topological polar surface area (TPSA) is 128 Å². The van der Waals surface area contributed by atoms with Crippen molar-refractivity contribution >= 4 is 37.9 Å². The molecule has 0 radical (unpaired) electrons. The summed E-state index contributed by atoms with van der Waals surface area (Å²) in [5.41, 5.74) is 0.493. The van der Waals surface area contributed by atoms with Crippen molar-refractivity contribution in [3.05, 3.63) is 40.9 Å². The standard InChI is InChI=1S/C24H30N4O6S2/c29-23(27-24-26-13-19(35-24)15-33-17-7-10-25-11-8-17)22(28-34-18-9-12-32-14-18)16-1-3-20(4-2-16)36(30,31)21-5-6-21/h1-4,13,17-18,21,25H,5-12,14-15H2,(H,26,27,29)/t18-/m1/s1. The average molecular weight is 535 g/mol. The van der Waals surface area contributed by atoms with Crippen LogP contribution < -0.4 is 10.6 Å². The molecule has 12 heteroatoms. The molecule has 1 aliphatic carbocycles. The number of hydrogen-bond acceptors (Lipinski definition) is 10. The molecule has 2 N–H and O–H groups in total. The van der Waals surface area contributed by atoms with Gasteiger partial charge in [-0.25, -0.2) is 13.4 Å². The molecule has 1 saturated carbocycles. The molecule has 0 bridgehead atoms. The molecular formula is C24H30N4O6S2. The van der Waals surface area contributed by atoms with Crippen molar-refractivity contribution in [1.82, 2.24) is 10.3 Å². The number of sulfone groups is 1. The van der Waals surface area contributed by atoms with Crippen molar-refractivity contribution in [2.75, 3.05) is 31.6 Å². The molecule has 3 aliphatic rings. The van der Waals surface area contributed by atoms with Crippen molar-refractivity contribution in [1.29, 1.82) is 0 Å². The van der Waals surface area contributed by atoms with E-state index < -0.39 is 15.7 Å². The van der Waals surface area contributed by atoms with Crippen LogP contribution in [0.2, 0.25) is 0 Å². The number of carbonyl (C=O) groups is 1. The third-order valence-electron chi connectivity index (χ3n) is 6.34. The first kappa shape index (κ1) is 25.3. The number of nitrogens with zero attached hydrogens (tertiary/aromatic N) is 2. The molecule has 36 heavy (non-hydrogen) atoms. The molecular weight excluding hydrogens is 504 g/mol. The summed E-state index contributed by atoms with van der Waals surface area (Å²) in [6.07, 6.45) is 5.72. The Morgan fingerprint density at radius 3 is 2.61 bits per heavy atom. The molecule has 1 aromatic carbocycles. The number of benzene rings is 1. The SMILES string of the molecule is O=C(Nc1ncc(COC2CCNCC2)s1)C(=NO[C@@H]1CCOC1)c1ccc(S(=O)(=O)C2CC2)cc1. The quantitative estimate of drug-likeness (QED) is 0.352. The number of thiazole rings is 1. The van der Waals surface area contributed by atoms with Crippen LogP contribution in [0.15, 0.2) is 40.5 Å². The number of piperidine rings is 1. The summed E-state index contributed by atoms with van der Waals surface area (Å²) in [7, 11) is -3.33. The second-order valence-electron chi connectivity index (χ2n) is 9.15. The number of oxime groups is 1. The zero-order chi connectivity index (χ0) is 25.0. The molecule has 10 nitrogen and oxygen atoms in total. The van der Waals surface area contributed by atoms with Crippen molar-refractivity contribution < 1.29 is 27.5 Å². The largest absolute Gasteiger partial charge is 0.389 e. The highest BCUT2D eigenvalue weighted by molar-refractivity contribution is 7.92. The summed E-state index contributed by atoms with van der Waals surface area (Å²) in [6.45, 7) is 3.35. The van der Waals surface area contributed by atoms with E-state index >= 15 is 0 Å². The first-order valence-corrected chi connectivity index (χ1v) is 14.6. The van der Waals surface area contributed by atoms with E-state index in [9.17, 15) is 13.2 Å². The third-order valence-corrected chi connectivity index (χ3v) is 9.50. The van der Waals surface area contributed by atoms with Crippen LogP contribution in [-0.2, 0) is 35.5 Å². The molecule has 3 fully saturated rings. The van der Waals surface area contributed by atoms with Crippen LogP contribution in [0.3, 0.4) is 0 Å². The molecule has 194 valence electrons. The second-order valence-corrected chi connectivity index (χ2v) is 12.5. The van der Waals surface area contributed by atoms with Gasteiger partial charge in [-0.2, -0.15) is 0 Å². The Kier molecular flexibility index (Phi) is 7.96. The fourth-order valence-corrected chi connectivity index (χ4v) is 6.46. The minimum Gasteiger partial charge on any atom is -0.389 e. The number of ether oxygens (including phenoxy) is 2. The van der Waals surface area contributed by atoms with Crippen molar-refractivity contribution in [3.63, 3.8) is 0 Å². The van der Waals surface area contributed by atoms with Gasteiger partial charge in [-0.1, -0.05) is 28.6 Å². The maximum atomic E-state index is 13.2. The lowest BCUT2D eigenvalue weighted by atomic mass is 10.1. The second kappa shape index (κ2) is 11.3. The molecule has 1 amide bonds. The van der Waals surface area contributed by atoms with Gasteiger partial charge in [0.25, 0.3) is 5.91 Å². The summed E-state index contributed by atoms with van der Waals surface area (Å²) >= 11 is 1.34. The number of rotatable bonds is 10. The lowest BCUT2D eigenvalue weighted by molar-refractivity contribution is -0.110. The van der Waals surface area contributed by atoms with Gasteiger partial charge in [-0.05, 0) is 50.9 Å². The van der Waals surface area contributed by atoms with Gasteiger partial charge < -0.3 is 19.6 Å². The lowest BCUT2D eigenvalue weighted by Crippen LogP contribution is -2.32. The number of anilines is 1. The first-order chi connectivity index (χ1) is 17.5. The molecule has 0 unspecified atom stereocenters. The highest BCUT2D eigenvalue weighted by Gasteiger charge is 2.36. The molecule has 2 aromatic rings. The third kappa shape index (κ3) is 6.30. The number of carbonyl (C=O) groups excluding carboxylic acids is 1. The lowest BCUT2D eigenvalue weighted by Gasteiger charge is -2.22. The van der Waals surface area contributed by atoms with Gasteiger partial charge in [0.2, 0.25) is 0 Å². The van der Waals surface area contributed by atoms with Crippen LogP contribution in [0.25, 0.3) is 0 Å². The summed E-state index contributed by atoms with van der Waals surface area (Å²) < 4.78 is 36.4. The van der Waals surface area contributed by atoms with E-state index in [0.717, 1.165) is 30.8 Å². The van der Waals surface area contributed by atoms with Crippen LogP contribution in [0, 0.1) is 0 Å². The number of hydrogen-bond donors (Lipinski definition) is 2. The Bertz CT molecular complexity index is 1180. The normalized spacial score (nSPS) is 21.4. The maximum Gasteiger partial charge on any atom is 0.280 e. The fourth-order valence-electron chi connectivity index (χ4n) is 4.07. The first-order valence-electron chi connectivity index (χ1n) is 12.2. The highest BCUT2D eigenvalue weighted by Crippen LogP contribution is 2.33. The number of amides is 1. The van der Waals surface area contributed by atoms with E-state index in [0.29, 0.717) is 49.8 Å². The number of nitrogens with one attached hydrogen (secondary N) is 2. The van der Waals surface area contributed by atoms with Gasteiger partial charge in [0, 0.05) is 18.2 Å². The Hall–Kier alpha value is -2.38. The molecule has 2 aliphatic heterocycles. The zero-order valence-electron chi connectivity index (χ0n) is 19.9. The van der Waals surface area contributed by atoms with Crippen LogP contribution in [-0.4, -0.2) is 68.8 Å². The van der Waals surface area contributed by atoms with Gasteiger partial charge >= 0.3 is 0 Å².